The van der Waals surface area contributed by atoms with Crippen molar-refractivity contribution in [2.45, 2.75) is 12.3 Å². The zero-order valence-electron chi connectivity index (χ0n) is 5.47. The second-order valence-corrected chi connectivity index (χ2v) is 2.13. The van der Waals surface area contributed by atoms with Crippen molar-refractivity contribution in [3.63, 3.8) is 0 Å². The highest BCUT2D eigenvalue weighted by Gasteiger charge is 2.12. The van der Waals surface area contributed by atoms with Crippen LogP contribution < -0.4 is 0 Å². The third-order valence-corrected chi connectivity index (χ3v) is 1.46. The zero-order chi connectivity index (χ0) is 8.27. The Kier molecular flexibility index (Phi) is 2.70. The molecule has 11 heavy (non-hydrogen) atoms. The van der Waals surface area contributed by atoms with Crippen LogP contribution in [0.4, 0.5) is 8.78 Å². The molecule has 0 bridgehead atoms. The second kappa shape index (κ2) is 3.57. The number of nitrogens with zero attached hydrogens (tertiary/aromatic N) is 2. The molecule has 0 amide bonds. The van der Waals surface area contributed by atoms with Crippen molar-refractivity contribution in [3.8, 4) is 0 Å². The molecule has 0 atom stereocenters. The van der Waals surface area contributed by atoms with E-state index in [1.54, 1.807) is 0 Å². The maximum absolute atomic E-state index is 12.1. The van der Waals surface area contributed by atoms with E-state index in [-0.39, 0.29) is 17.1 Å². The summed E-state index contributed by atoms with van der Waals surface area (Å²) >= 11 is 5.36. The first-order valence-electron chi connectivity index (χ1n) is 2.88. The van der Waals surface area contributed by atoms with Crippen LogP contribution in [-0.4, -0.2) is 9.97 Å². The van der Waals surface area contributed by atoms with Crippen LogP contribution in [0.15, 0.2) is 12.5 Å². The second-order valence-electron chi connectivity index (χ2n) is 1.87. The van der Waals surface area contributed by atoms with Gasteiger partial charge < -0.3 is 0 Å². The van der Waals surface area contributed by atoms with E-state index in [4.69, 9.17) is 11.6 Å². The summed E-state index contributed by atoms with van der Waals surface area (Å²) in [5.74, 6) is 0.0144. The van der Waals surface area contributed by atoms with Crippen molar-refractivity contribution in [3.05, 3.63) is 23.8 Å². The summed E-state index contributed by atoms with van der Waals surface area (Å²) in [5.41, 5.74) is -0.000772. The molecule has 0 saturated carbocycles. The summed E-state index contributed by atoms with van der Waals surface area (Å²) in [7, 11) is 0. The molecule has 0 aliphatic rings. The standard InChI is InChI=1S/C6H5ClF2N2/c7-1-4-2-10-3-11-5(4)6(8)9/h2-3,6H,1H2. The maximum atomic E-state index is 12.1. The lowest BCUT2D eigenvalue weighted by atomic mass is 10.3. The molecule has 0 unspecified atom stereocenters. The van der Waals surface area contributed by atoms with E-state index in [2.05, 4.69) is 9.97 Å². The normalized spacial score (nSPS) is 10.5. The van der Waals surface area contributed by atoms with Crippen molar-refractivity contribution < 1.29 is 8.78 Å². The van der Waals surface area contributed by atoms with Crippen molar-refractivity contribution in [2.75, 3.05) is 0 Å². The van der Waals surface area contributed by atoms with Crippen LogP contribution in [0.5, 0.6) is 0 Å². The molecule has 1 aromatic heterocycles. The molecule has 0 aliphatic heterocycles. The van der Waals surface area contributed by atoms with Crippen LogP contribution in [0.1, 0.15) is 17.7 Å². The monoisotopic (exact) mass is 178 g/mol. The SMILES string of the molecule is FC(F)c1ncncc1CCl. The summed E-state index contributed by atoms with van der Waals surface area (Å²) in [6, 6.07) is 0. The Labute approximate surface area is 67.2 Å². The fourth-order valence-electron chi connectivity index (χ4n) is 0.667. The quantitative estimate of drug-likeness (QED) is 0.649. The van der Waals surface area contributed by atoms with E-state index >= 15 is 0 Å². The van der Waals surface area contributed by atoms with E-state index in [1.807, 2.05) is 0 Å². The molecule has 0 radical (unpaired) electrons. The fraction of sp³-hybridized carbons (Fsp3) is 0.333. The molecule has 0 spiro atoms. The van der Waals surface area contributed by atoms with Gasteiger partial charge in [-0.25, -0.2) is 18.7 Å². The Morgan fingerprint density at radius 1 is 1.55 bits per heavy atom. The minimum Gasteiger partial charge on any atom is -0.244 e. The first kappa shape index (κ1) is 8.33. The van der Waals surface area contributed by atoms with E-state index in [9.17, 15) is 8.78 Å². The highest BCUT2D eigenvalue weighted by atomic mass is 35.5. The average Bonchev–Trinajstić information content (AvgIpc) is 2.04. The molecule has 1 heterocycles. The zero-order valence-corrected chi connectivity index (χ0v) is 6.22. The Hall–Kier alpha value is -0.770. The van der Waals surface area contributed by atoms with Crippen LogP contribution in [-0.2, 0) is 5.88 Å². The topological polar surface area (TPSA) is 25.8 Å². The lowest BCUT2D eigenvalue weighted by Crippen LogP contribution is -1.96. The number of rotatable bonds is 2. The highest BCUT2D eigenvalue weighted by Crippen LogP contribution is 2.20. The van der Waals surface area contributed by atoms with E-state index in [1.165, 1.54) is 6.20 Å². The van der Waals surface area contributed by atoms with Crippen molar-refractivity contribution >= 4 is 11.6 Å². The number of halogens is 3. The Morgan fingerprint density at radius 2 is 2.27 bits per heavy atom. The largest absolute Gasteiger partial charge is 0.280 e. The van der Waals surface area contributed by atoms with Crippen LogP contribution in [0, 0.1) is 0 Å². The van der Waals surface area contributed by atoms with E-state index < -0.39 is 6.43 Å². The van der Waals surface area contributed by atoms with Crippen LogP contribution in [0.3, 0.4) is 0 Å². The number of hydrogen-bond donors (Lipinski definition) is 0. The Balaban J connectivity index is 3.02. The highest BCUT2D eigenvalue weighted by molar-refractivity contribution is 6.17. The minimum atomic E-state index is -2.58. The lowest BCUT2D eigenvalue weighted by Gasteiger charge is -2.01. The molecule has 0 N–H and O–H groups in total. The average molecular weight is 179 g/mol. The van der Waals surface area contributed by atoms with Gasteiger partial charge in [-0.15, -0.1) is 11.6 Å². The molecular formula is C6H5ClF2N2. The maximum Gasteiger partial charge on any atom is 0.280 e. The van der Waals surface area contributed by atoms with Gasteiger partial charge >= 0.3 is 0 Å². The first-order valence-corrected chi connectivity index (χ1v) is 3.42. The molecule has 0 aromatic carbocycles. The molecule has 0 fully saturated rings. The molecule has 0 saturated heterocycles. The molecule has 5 heteroatoms. The van der Waals surface area contributed by atoms with Crippen LogP contribution >= 0.6 is 11.6 Å². The third-order valence-electron chi connectivity index (χ3n) is 1.17. The number of hydrogen-bond acceptors (Lipinski definition) is 2. The van der Waals surface area contributed by atoms with Crippen LogP contribution in [0.25, 0.3) is 0 Å². The molecule has 60 valence electrons. The van der Waals surface area contributed by atoms with Gasteiger partial charge in [0, 0.05) is 11.8 Å². The summed E-state index contributed by atoms with van der Waals surface area (Å²) in [4.78, 5) is 6.97. The summed E-state index contributed by atoms with van der Waals surface area (Å²) < 4.78 is 24.1. The number of alkyl halides is 3. The third kappa shape index (κ3) is 1.83. The van der Waals surface area contributed by atoms with Crippen LogP contribution in [0.2, 0.25) is 0 Å². The molecular weight excluding hydrogens is 174 g/mol. The number of aromatic nitrogens is 2. The van der Waals surface area contributed by atoms with Gasteiger partial charge in [-0.05, 0) is 0 Å². The predicted octanol–water partition coefficient (Wildman–Crippen LogP) is 2.15. The van der Waals surface area contributed by atoms with Gasteiger partial charge in [0.25, 0.3) is 6.43 Å². The van der Waals surface area contributed by atoms with Gasteiger partial charge in [-0.1, -0.05) is 0 Å². The van der Waals surface area contributed by atoms with Crippen molar-refractivity contribution in [1.29, 1.82) is 0 Å². The summed E-state index contributed by atoms with van der Waals surface area (Å²) in [5, 5.41) is 0. The molecule has 2 nitrogen and oxygen atoms in total. The van der Waals surface area contributed by atoms with E-state index in [0.717, 1.165) is 6.33 Å². The van der Waals surface area contributed by atoms with Crippen molar-refractivity contribution in [1.82, 2.24) is 9.97 Å². The smallest absolute Gasteiger partial charge is 0.244 e. The Morgan fingerprint density at radius 3 is 2.73 bits per heavy atom. The van der Waals surface area contributed by atoms with Gasteiger partial charge in [-0.3, -0.25) is 0 Å². The van der Waals surface area contributed by atoms with Gasteiger partial charge in [0.05, 0.1) is 5.88 Å². The Bertz CT molecular complexity index is 242. The lowest BCUT2D eigenvalue weighted by molar-refractivity contribution is 0.145. The predicted molar refractivity (Wildman–Crippen MR) is 36.5 cm³/mol. The van der Waals surface area contributed by atoms with Gasteiger partial charge in [0.15, 0.2) is 0 Å². The van der Waals surface area contributed by atoms with E-state index in [0.29, 0.717) is 0 Å². The molecule has 1 rings (SSSR count). The minimum absolute atomic E-state index is 0.0144. The molecule has 1 aromatic rings. The van der Waals surface area contributed by atoms with Gasteiger partial charge in [0.1, 0.15) is 12.0 Å². The van der Waals surface area contributed by atoms with Crippen molar-refractivity contribution in [2.24, 2.45) is 0 Å². The van der Waals surface area contributed by atoms with Gasteiger partial charge in [0.2, 0.25) is 0 Å². The summed E-state index contributed by atoms with van der Waals surface area (Å²) in [6.45, 7) is 0. The molecule has 0 aliphatic carbocycles. The van der Waals surface area contributed by atoms with Gasteiger partial charge in [-0.2, -0.15) is 0 Å². The summed E-state index contributed by atoms with van der Waals surface area (Å²) in [6.07, 6.45) is -0.203. The first-order chi connectivity index (χ1) is 5.25. The fourth-order valence-corrected chi connectivity index (χ4v) is 0.873.